The number of nitrogens with zero attached hydrogens (tertiary/aromatic N) is 1. The van der Waals surface area contributed by atoms with E-state index in [9.17, 15) is 4.79 Å². The number of aryl methyl sites for hydroxylation is 2. The van der Waals surface area contributed by atoms with Gasteiger partial charge in [-0.2, -0.15) is 0 Å². The molecule has 2 rings (SSSR count). The Kier molecular flexibility index (Phi) is 5.12. The summed E-state index contributed by atoms with van der Waals surface area (Å²) in [6, 6.07) is 6.37. The highest BCUT2D eigenvalue weighted by atomic mass is 16.5. The quantitative estimate of drug-likeness (QED) is 0.912. The van der Waals surface area contributed by atoms with Gasteiger partial charge in [-0.3, -0.25) is 9.69 Å². The van der Waals surface area contributed by atoms with E-state index in [1.807, 2.05) is 32.0 Å². The molecule has 1 aromatic rings. The van der Waals surface area contributed by atoms with Gasteiger partial charge < -0.3 is 10.1 Å². The maximum Gasteiger partial charge on any atom is 0.238 e. The average Bonchev–Trinajstić information content (AvgIpc) is 2.45. The summed E-state index contributed by atoms with van der Waals surface area (Å²) in [7, 11) is 0. The van der Waals surface area contributed by atoms with Gasteiger partial charge in [-0.25, -0.2) is 0 Å². The molecule has 1 fully saturated rings. The molecular weight excluding hydrogens is 300 g/mol. The van der Waals surface area contributed by atoms with Crippen LogP contribution < -0.4 is 5.32 Å². The lowest BCUT2D eigenvalue weighted by Gasteiger charge is -2.55. The molecule has 0 bridgehead atoms. The Labute approximate surface area is 146 Å². The minimum Gasteiger partial charge on any atom is -0.366 e. The van der Waals surface area contributed by atoms with Gasteiger partial charge in [-0.1, -0.05) is 18.2 Å². The van der Waals surface area contributed by atoms with E-state index in [0.29, 0.717) is 6.54 Å². The van der Waals surface area contributed by atoms with Gasteiger partial charge in [0.25, 0.3) is 0 Å². The van der Waals surface area contributed by atoms with Crippen LogP contribution in [0.1, 0.15) is 52.7 Å². The third-order valence-corrected chi connectivity index (χ3v) is 5.60. The number of para-hydroxylation sites is 1. The standard InChI is InChI=1S/C20H32N2O2/c1-13-10-9-11-14(2)18(13)21-17(23)12-22-15(3)19(5,6)24-20(7,8)16(22)4/h9-11,15-16H,12H2,1-8H3,(H,21,23). The molecule has 24 heavy (non-hydrogen) atoms. The Morgan fingerprint density at radius 1 is 1.08 bits per heavy atom. The molecule has 0 saturated carbocycles. The Morgan fingerprint density at radius 2 is 1.54 bits per heavy atom. The summed E-state index contributed by atoms with van der Waals surface area (Å²) >= 11 is 0. The van der Waals surface area contributed by atoms with Crippen LogP contribution in [0, 0.1) is 13.8 Å². The molecule has 1 aromatic carbocycles. The number of hydrogen-bond donors (Lipinski definition) is 1. The molecule has 1 aliphatic heterocycles. The second-order valence-electron chi connectivity index (χ2n) is 8.15. The SMILES string of the molecule is Cc1cccc(C)c1NC(=O)CN1C(C)C(C)(C)OC(C)(C)C1C. The summed E-state index contributed by atoms with van der Waals surface area (Å²) in [5.74, 6) is 0.0274. The number of hydrogen-bond acceptors (Lipinski definition) is 3. The van der Waals surface area contributed by atoms with Gasteiger partial charge in [0.2, 0.25) is 5.91 Å². The molecule has 134 valence electrons. The molecule has 1 saturated heterocycles. The molecule has 2 unspecified atom stereocenters. The number of ether oxygens (including phenoxy) is 1. The van der Waals surface area contributed by atoms with E-state index in [2.05, 4.69) is 51.8 Å². The van der Waals surface area contributed by atoms with Gasteiger partial charge in [0, 0.05) is 17.8 Å². The monoisotopic (exact) mass is 332 g/mol. The Morgan fingerprint density at radius 3 is 2.00 bits per heavy atom. The molecule has 0 aliphatic carbocycles. The van der Waals surface area contributed by atoms with Crippen molar-refractivity contribution >= 4 is 11.6 Å². The summed E-state index contributed by atoms with van der Waals surface area (Å²) < 4.78 is 6.28. The van der Waals surface area contributed by atoms with Crippen molar-refractivity contribution < 1.29 is 9.53 Å². The molecule has 2 atom stereocenters. The summed E-state index contributed by atoms with van der Waals surface area (Å²) in [5, 5.41) is 3.10. The Bertz CT molecular complexity index is 582. The Balaban J connectivity index is 2.17. The van der Waals surface area contributed by atoms with E-state index >= 15 is 0 Å². The number of rotatable bonds is 3. The summed E-state index contributed by atoms with van der Waals surface area (Å²) in [5.41, 5.74) is 2.51. The average molecular weight is 332 g/mol. The lowest BCUT2D eigenvalue weighted by Crippen LogP contribution is -2.67. The minimum atomic E-state index is -0.297. The van der Waals surface area contributed by atoms with Crippen molar-refractivity contribution in [2.24, 2.45) is 0 Å². The first-order valence-corrected chi connectivity index (χ1v) is 8.77. The summed E-state index contributed by atoms with van der Waals surface area (Å²) in [6.45, 7) is 17.1. The molecule has 1 heterocycles. The van der Waals surface area contributed by atoms with Gasteiger partial charge in [-0.15, -0.1) is 0 Å². The first-order valence-electron chi connectivity index (χ1n) is 8.77. The van der Waals surface area contributed by atoms with E-state index in [1.54, 1.807) is 0 Å². The zero-order valence-corrected chi connectivity index (χ0v) is 16.4. The Hall–Kier alpha value is -1.39. The summed E-state index contributed by atoms with van der Waals surface area (Å²) in [6.07, 6.45) is 0. The largest absolute Gasteiger partial charge is 0.366 e. The van der Waals surface area contributed by atoms with Crippen LogP contribution in [0.4, 0.5) is 5.69 Å². The van der Waals surface area contributed by atoms with Gasteiger partial charge >= 0.3 is 0 Å². The van der Waals surface area contributed by atoms with E-state index < -0.39 is 0 Å². The molecule has 1 aliphatic rings. The lowest BCUT2D eigenvalue weighted by atomic mass is 9.86. The van der Waals surface area contributed by atoms with Gasteiger partial charge in [0.1, 0.15) is 0 Å². The van der Waals surface area contributed by atoms with Crippen molar-refractivity contribution in [3.63, 3.8) is 0 Å². The predicted octanol–water partition coefficient (Wildman–Crippen LogP) is 3.91. The van der Waals surface area contributed by atoms with E-state index in [4.69, 9.17) is 4.74 Å². The molecular formula is C20H32N2O2. The first-order chi connectivity index (χ1) is 11.0. The van der Waals surface area contributed by atoms with Crippen molar-refractivity contribution in [3.05, 3.63) is 29.3 Å². The zero-order valence-electron chi connectivity index (χ0n) is 16.4. The lowest BCUT2D eigenvalue weighted by molar-refractivity contribution is -0.229. The fraction of sp³-hybridized carbons (Fsp3) is 0.650. The number of carbonyl (C=O) groups excluding carboxylic acids is 1. The van der Waals surface area contributed by atoms with Crippen molar-refractivity contribution in [1.82, 2.24) is 4.90 Å². The molecule has 0 spiro atoms. The normalized spacial score (nSPS) is 26.2. The van der Waals surface area contributed by atoms with Crippen LogP contribution in [0.15, 0.2) is 18.2 Å². The molecule has 4 heteroatoms. The highest BCUT2D eigenvalue weighted by Gasteiger charge is 2.48. The van der Waals surface area contributed by atoms with Crippen LogP contribution in [-0.4, -0.2) is 40.6 Å². The van der Waals surface area contributed by atoms with Gasteiger partial charge in [0.05, 0.1) is 17.7 Å². The third-order valence-electron chi connectivity index (χ3n) is 5.60. The van der Waals surface area contributed by atoms with Crippen LogP contribution in [-0.2, 0) is 9.53 Å². The fourth-order valence-electron chi connectivity index (χ4n) is 3.61. The van der Waals surface area contributed by atoms with Gasteiger partial charge in [-0.05, 0) is 66.5 Å². The highest BCUT2D eigenvalue weighted by Crippen LogP contribution is 2.37. The van der Waals surface area contributed by atoms with Crippen LogP contribution in [0.2, 0.25) is 0 Å². The number of benzene rings is 1. The maximum atomic E-state index is 12.7. The molecule has 1 N–H and O–H groups in total. The van der Waals surface area contributed by atoms with Crippen LogP contribution in [0.3, 0.4) is 0 Å². The minimum absolute atomic E-state index is 0.0274. The van der Waals surface area contributed by atoms with Crippen molar-refractivity contribution in [2.45, 2.75) is 78.7 Å². The molecule has 0 aromatic heterocycles. The number of morpholine rings is 1. The number of carbonyl (C=O) groups is 1. The topological polar surface area (TPSA) is 41.6 Å². The summed E-state index contributed by atoms with van der Waals surface area (Å²) in [4.78, 5) is 15.0. The number of nitrogens with one attached hydrogen (secondary N) is 1. The predicted molar refractivity (Wildman–Crippen MR) is 99.4 cm³/mol. The number of amides is 1. The number of anilines is 1. The van der Waals surface area contributed by atoms with Gasteiger partial charge in [0.15, 0.2) is 0 Å². The zero-order chi connectivity index (χ0) is 18.3. The van der Waals surface area contributed by atoms with Crippen molar-refractivity contribution in [2.75, 3.05) is 11.9 Å². The smallest absolute Gasteiger partial charge is 0.238 e. The van der Waals surface area contributed by atoms with Crippen LogP contribution >= 0.6 is 0 Å². The third kappa shape index (κ3) is 3.65. The van der Waals surface area contributed by atoms with E-state index in [1.165, 1.54) is 0 Å². The first kappa shape index (κ1) is 18.9. The molecule has 4 nitrogen and oxygen atoms in total. The van der Waals surface area contributed by atoms with E-state index in [0.717, 1.165) is 16.8 Å². The van der Waals surface area contributed by atoms with Crippen molar-refractivity contribution in [3.8, 4) is 0 Å². The van der Waals surface area contributed by atoms with Crippen molar-refractivity contribution in [1.29, 1.82) is 0 Å². The second kappa shape index (κ2) is 6.49. The van der Waals surface area contributed by atoms with Crippen LogP contribution in [0.25, 0.3) is 0 Å². The fourth-order valence-corrected chi connectivity index (χ4v) is 3.61. The maximum absolute atomic E-state index is 12.7. The molecule has 1 amide bonds. The van der Waals surface area contributed by atoms with Crippen LogP contribution in [0.5, 0.6) is 0 Å². The van der Waals surface area contributed by atoms with E-state index in [-0.39, 0.29) is 29.2 Å². The second-order valence-corrected chi connectivity index (χ2v) is 8.15. The highest BCUT2D eigenvalue weighted by molar-refractivity contribution is 5.93. The molecule has 0 radical (unpaired) electrons.